The second-order valence-electron chi connectivity index (χ2n) is 10.6. The van der Waals surface area contributed by atoms with Gasteiger partial charge in [0.1, 0.15) is 23.4 Å². The Kier molecular flexibility index (Phi) is 8.38. The number of H-pyrrole nitrogens is 1. The highest BCUT2D eigenvalue weighted by Gasteiger charge is 2.37. The quantitative estimate of drug-likeness (QED) is 0.414. The van der Waals surface area contributed by atoms with Crippen molar-refractivity contribution in [3.05, 3.63) is 81.2 Å². The van der Waals surface area contributed by atoms with Gasteiger partial charge in [0.2, 0.25) is 11.4 Å². The van der Waals surface area contributed by atoms with E-state index >= 15 is 8.78 Å². The van der Waals surface area contributed by atoms with Crippen molar-refractivity contribution < 1.29 is 26.7 Å². The summed E-state index contributed by atoms with van der Waals surface area (Å²) in [5, 5.41) is 11.4. The number of hydrogen-bond acceptors (Lipinski definition) is 8. The molecule has 3 aromatic rings. The van der Waals surface area contributed by atoms with Crippen molar-refractivity contribution in [3.63, 3.8) is 0 Å². The fourth-order valence-electron chi connectivity index (χ4n) is 5.31. The first-order chi connectivity index (χ1) is 20.9. The number of amides is 1. The lowest BCUT2D eigenvalue weighted by molar-refractivity contribution is -0.138. The van der Waals surface area contributed by atoms with E-state index in [9.17, 15) is 22.8 Å². The molecule has 15 heteroatoms. The minimum atomic E-state index is -5.05. The van der Waals surface area contributed by atoms with E-state index in [1.165, 1.54) is 6.20 Å². The average Bonchev–Trinajstić information content (AvgIpc) is 2.99. The topological polar surface area (TPSA) is 121 Å². The zero-order valence-electron chi connectivity index (χ0n) is 23.7. The molecular formula is C29H27F5N8O2. The molecule has 2 aliphatic rings. The number of aromatic nitrogens is 3. The SMILES string of the molecule is C[C@H]1CN(c2cc(F)c(C3=CCCN(c4ccnc(C#N)n4)C3)c(F)c2NC(=O)c2c[nH]c(=O)cc2C(F)(F)F)CCN1C. The molecule has 10 nitrogen and oxygen atoms in total. The first-order valence-electron chi connectivity index (χ1n) is 13.6. The van der Waals surface area contributed by atoms with Crippen LogP contribution in [0.25, 0.3) is 5.57 Å². The van der Waals surface area contributed by atoms with Crippen LogP contribution in [0.5, 0.6) is 0 Å². The Hall–Kier alpha value is -4.84. The second kappa shape index (κ2) is 12.0. The lowest BCUT2D eigenvalue weighted by atomic mass is 9.97. The highest BCUT2D eigenvalue weighted by Crippen LogP contribution is 2.39. The van der Waals surface area contributed by atoms with E-state index in [0.717, 1.165) is 6.07 Å². The number of carbonyl (C=O) groups is 1. The second-order valence-corrected chi connectivity index (χ2v) is 10.6. The van der Waals surface area contributed by atoms with Crippen molar-refractivity contribution in [2.45, 2.75) is 25.6 Å². The predicted octanol–water partition coefficient (Wildman–Crippen LogP) is 4.02. The number of anilines is 3. The monoisotopic (exact) mass is 614 g/mol. The van der Waals surface area contributed by atoms with Crippen LogP contribution in [0, 0.1) is 23.0 Å². The van der Waals surface area contributed by atoms with E-state index in [4.69, 9.17) is 5.26 Å². The molecule has 1 aromatic carbocycles. The molecule has 0 spiro atoms. The Morgan fingerprint density at radius 2 is 1.95 bits per heavy atom. The Morgan fingerprint density at radius 3 is 2.66 bits per heavy atom. The van der Waals surface area contributed by atoms with Crippen LogP contribution >= 0.6 is 0 Å². The number of nitriles is 1. The molecule has 2 aliphatic heterocycles. The minimum Gasteiger partial charge on any atom is -0.367 e. The fourth-order valence-corrected chi connectivity index (χ4v) is 5.31. The molecule has 1 fully saturated rings. The van der Waals surface area contributed by atoms with E-state index in [0.29, 0.717) is 44.6 Å². The molecule has 0 radical (unpaired) electrons. The first kappa shape index (κ1) is 30.6. The predicted molar refractivity (Wildman–Crippen MR) is 152 cm³/mol. The van der Waals surface area contributed by atoms with Gasteiger partial charge in [0.25, 0.3) is 5.91 Å². The number of carbonyl (C=O) groups excluding carboxylic acids is 1. The van der Waals surface area contributed by atoms with Gasteiger partial charge in [0, 0.05) is 63.3 Å². The molecule has 2 aromatic heterocycles. The van der Waals surface area contributed by atoms with E-state index in [1.807, 2.05) is 24.9 Å². The number of halogens is 5. The van der Waals surface area contributed by atoms with Crippen LogP contribution < -0.4 is 20.7 Å². The van der Waals surface area contributed by atoms with Gasteiger partial charge < -0.3 is 25.0 Å². The maximum atomic E-state index is 16.5. The van der Waals surface area contributed by atoms with Gasteiger partial charge in [0.05, 0.1) is 22.4 Å². The zero-order chi connectivity index (χ0) is 31.8. The highest BCUT2D eigenvalue weighted by molar-refractivity contribution is 6.07. The third-order valence-electron chi connectivity index (χ3n) is 7.75. The van der Waals surface area contributed by atoms with Gasteiger partial charge in [-0.15, -0.1) is 0 Å². The fraction of sp³-hybridized carbons (Fsp3) is 0.345. The number of likely N-dealkylation sites (N-methyl/N-ethyl adjacent to an activating group) is 1. The summed E-state index contributed by atoms with van der Waals surface area (Å²) >= 11 is 0. The number of pyridine rings is 1. The third kappa shape index (κ3) is 6.11. The molecule has 1 saturated heterocycles. The van der Waals surface area contributed by atoms with Crippen molar-refractivity contribution in [1.82, 2.24) is 19.9 Å². The van der Waals surface area contributed by atoms with Crippen LogP contribution in [0.15, 0.2) is 41.5 Å². The van der Waals surface area contributed by atoms with Gasteiger partial charge in [-0.1, -0.05) is 6.08 Å². The molecule has 0 unspecified atom stereocenters. The highest BCUT2D eigenvalue weighted by atomic mass is 19.4. The van der Waals surface area contributed by atoms with E-state index in [2.05, 4.69) is 20.3 Å². The minimum absolute atomic E-state index is 0.00780. The number of hydrogen-bond donors (Lipinski definition) is 2. The lowest BCUT2D eigenvalue weighted by Crippen LogP contribution is -2.50. The molecule has 4 heterocycles. The van der Waals surface area contributed by atoms with Gasteiger partial charge in [-0.3, -0.25) is 9.59 Å². The molecule has 0 saturated carbocycles. The van der Waals surface area contributed by atoms with Crippen LogP contribution in [0.1, 0.15) is 40.7 Å². The maximum Gasteiger partial charge on any atom is 0.417 e. The molecular weight excluding hydrogens is 587 g/mol. The third-order valence-corrected chi connectivity index (χ3v) is 7.75. The van der Waals surface area contributed by atoms with Crippen molar-refractivity contribution in [2.24, 2.45) is 0 Å². The molecule has 5 rings (SSSR count). The summed E-state index contributed by atoms with van der Waals surface area (Å²) in [5.74, 6) is -3.12. The van der Waals surface area contributed by atoms with Gasteiger partial charge in [0.15, 0.2) is 5.82 Å². The maximum absolute atomic E-state index is 16.5. The summed E-state index contributed by atoms with van der Waals surface area (Å²) in [6.45, 7) is 3.53. The Labute approximate surface area is 248 Å². The number of benzene rings is 1. The normalized spacial score (nSPS) is 17.7. The molecule has 0 aliphatic carbocycles. The number of aromatic amines is 1. The summed E-state index contributed by atoms with van der Waals surface area (Å²) in [4.78, 5) is 40.4. The summed E-state index contributed by atoms with van der Waals surface area (Å²) in [7, 11) is 1.89. The zero-order valence-corrected chi connectivity index (χ0v) is 23.7. The lowest BCUT2D eigenvalue weighted by Gasteiger charge is -2.40. The molecule has 0 bridgehead atoms. The molecule has 2 N–H and O–H groups in total. The van der Waals surface area contributed by atoms with E-state index in [1.54, 1.807) is 21.9 Å². The number of piperazine rings is 1. The van der Waals surface area contributed by atoms with Crippen molar-refractivity contribution in [2.75, 3.05) is 54.9 Å². The number of nitrogens with one attached hydrogen (secondary N) is 2. The van der Waals surface area contributed by atoms with Crippen molar-refractivity contribution in [3.8, 4) is 6.07 Å². The average molecular weight is 615 g/mol. The summed E-state index contributed by atoms with van der Waals surface area (Å²) in [6.07, 6.45) is -1.04. The summed E-state index contributed by atoms with van der Waals surface area (Å²) in [5.41, 5.74) is -4.26. The van der Waals surface area contributed by atoms with Crippen molar-refractivity contribution in [1.29, 1.82) is 5.26 Å². The van der Waals surface area contributed by atoms with Gasteiger partial charge in [-0.25, -0.2) is 18.7 Å². The smallest absolute Gasteiger partial charge is 0.367 e. The van der Waals surface area contributed by atoms with Crippen molar-refractivity contribution >= 4 is 28.7 Å². The number of alkyl halides is 3. The molecule has 1 amide bonds. The molecule has 1 atom stereocenters. The van der Waals surface area contributed by atoms with Gasteiger partial charge >= 0.3 is 6.18 Å². The summed E-state index contributed by atoms with van der Waals surface area (Å²) in [6, 6.07) is 4.69. The van der Waals surface area contributed by atoms with E-state index < -0.39 is 51.7 Å². The number of nitrogens with zero attached hydrogens (tertiary/aromatic N) is 6. The van der Waals surface area contributed by atoms with Crippen LogP contribution in [0.4, 0.5) is 39.1 Å². The van der Waals surface area contributed by atoms with E-state index in [-0.39, 0.29) is 35.7 Å². The van der Waals surface area contributed by atoms with Crippen LogP contribution in [-0.4, -0.2) is 71.6 Å². The van der Waals surface area contributed by atoms with Crippen LogP contribution in [0.2, 0.25) is 0 Å². The first-order valence-corrected chi connectivity index (χ1v) is 13.6. The Balaban J connectivity index is 1.58. The van der Waals surface area contributed by atoms with Gasteiger partial charge in [-0.05, 0) is 32.0 Å². The molecule has 44 heavy (non-hydrogen) atoms. The number of rotatable bonds is 5. The van der Waals surface area contributed by atoms with Crippen LogP contribution in [0.3, 0.4) is 0 Å². The summed E-state index contributed by atoms with van der Waals surface area (Å²) < 4.78 is 73.6. The van der Waals surface area contributed by atoms with Crippen LogP contribution in [-0.2, 0) is 6.18 Å². The standard InChI is InChI=1S/C29H27F5N8O2/c1-16-14-41(9-8-40(16)2)21-11-20(30)25(17-4-3-7-42(15-17)23-5-6-36-22(12-35)38-23)26(31)27(21)39-28(44)18-13-37-24(43)10-19(18)29(32,33)34/h4-6,10-11,13,16H,3,7-9,14-15H2,1-2H3,(H,37,43)(H,39,44)/t16-/m0/s1. The Morgan fingerprint density at radius 1 is 1.18 bits per heavy atom. The van der Waals surface area contributed by atoms with Gasteiger partial charge in [-0.2, -0.15) is 18.4 Å². The Bertz CT molecular complexity index is 1730. The largest absolute Gasteiger partial charge is 0.417 e. The molecule has 230 valence electrons.